The Bertz CT molecular complexity index is 1100. The van der Waals surface area contributed by atoms with Gasteiger partial charge in [-0.1, -0.05) is 47.5 Å². The van der Waals surface area contributed by atoms with Gasteiger partial charge < -0.3 is 4.74 Å². The first kappa shape index (κ1) is 24.4. The van der Waals surface area contributed by atoms with Crippen LogP contribution in [0.1, 0.15) is 54.5 Å². The molecule has 1 saturated heterocycles. The number of piperidine rings is 1. The highest BCUT2D eigenvalue weighted by atomic mass is 35.5. The summed E-state index contributed by atoms with van der Waals surface area (Å²) in [5, 5.41) is 7.06. The van der Waals surface area contributed by atoms with Crippen LogP contribution in [0.2, 0.25) is 5.02 Å². The summed E-state index contributed by atoms with van der Waals surface area (Å²) in [7, 11) is 0. The van der Waals surface area contributed by atoms with Crippen LogP contribution in [0.15, 0.2) is 47.6 Å². The van der Waals surface area contributed by atoms with Crippen LogP contribution >= 0.6 is 11.6 Å². The van der Waals surface area contributed by atoms with Crippen molar-refractivity contribution in [3.05, 3.63) is 69.7 Å². The molecule has 4 rings (SSSR count). The van der Waals surface area contributed by atoms with E-state index in [1.807, 2.05) is 36.1 Å². The number of ether oxygens (including phenoxy) is 1. The number of carbonyl (C=O) groups is 2. The quantitative estimate of drug-likeness (QED) is 0.550. The van der Waals surface area contributed by atoms with Crippen molar-refractivity contribution in [3.8, 4) is 0 Å². The number of halogens is 1. The Morgan fingerprint density at radius 3 is 2.74 bits per heavy atom. The smallest absolute Gasteiger partial charge is 0.310 e. The molecule has 2 aliphatic rings. The fourth-order valence-corrected chi connectivity index (χ4v) is 5.11. The lowest BCUT2D eigenvalue weighted by Crippen LogP contribution is -2.44. The Balaban J connectivity index is 1.58. The van der Waals surface area contributed by atoms with Gasteiger partial charge in [0, 0.05) is 23.6 Å². The Morgan fingerprint density at radius 2 is 1.97 bits per heavy atom. The van der Waals surface area contributed by atoms with Crippen molar-refractivity contribution in [3.63, 3.8) is 0 Å². The Hall–Kier alpha value is -2.70. The van der Waals surface area contributed by atoms with Crippen LogP contribution in [0.5, 0.6) is 0 Å². The third-order valence-electron chi connectivity index (χ3n) is 6.62. The molecule has 0 bridgehead atoms. The lowest BCUT2D eigenvalue weighted by atomic mass is 9.95. The summed E-state index contributed by atoms with van der Waals surface area (Å²) in [5.41, 5.74) is 5.13. The van der Waals surface area contributed by atoms with E-state index in [1.54, 1.807) is 5.01 Å². The molecular formula is C27H32ClN3O3. The molecule has 34 heavy (non-hydrogen) atoms. The van der Waals surface area contributed by atoms with Crippen molar-refractivity contribution in [2.75, 3.05) is 26.2 Å². The molecule has 1 amide bonds. The maximum absolute atomic E-state index is 13.6. The fourth-order valence-electron chi connectivity index (χ4n) is 4.85. The first-order chi connectivity index (χ1) is 16.4. The minimum Gasteiger partial charge on any atom is -0.466 e. The number of amides is 1. The predicted octanol–water partition coefficient (Wildman–Crippen LogP) is 4.91. The maximum atomic E-state index is 13.6. The number of benzene rings is 2. The highest BCUT2D eigenvalue weighted by Gasteiger charge is 2.36. The van der Waals surface area contributed by atoms with Gasteiger partial charge in [-0.05, 0) is 63.4 Å². The zero-order valence-electron chi connectivity index (χ0n) is 20.1. The molecule has 6 nitrogen and oxygen atoms in total. The van der Waals surface area contributed by atoms with Crippen molar-refractivity contribution in [1.29, 1.82) is 0 Å². The summed E-state index contributed by atoms with van der Waals surface area (Å²) < 4.78 is 5.21. The van der Waals surface area contributed by atoms with E-state index in [2.05, 4.69) is 32.0 Å². The normalized spacial score (nSPS) is 20.8. The molecule has 0 saturated carbocycles. The van der Waals surface area contributed by atoms with E-state index in [0.29, 0.717) is 24.6 Å². The summed E-state index contributed by atoms with van der Waals surface area (Å²) in [4.78, 5) is 27.8. The Labute approximate surface area is 206 Å². The van der Waals surface area contributed by atoms with Crippen LogP contribution in [0, 0.1) is 19.8 Å². The van der Waals surface area contributed by atoms with E-state index in [9.17, 15) is 9.59 Å². The minimum absolute atomic E-state index is 0.0882. The minimum atomic E-state index is -0.262. The van der Waals surface area contributed by atoms with E-state index in [1.165, 1.54) is 0 Å². The molecule has 0 aliphatic carbocycles. The van der Waals surface area contributed by atoms with Gasteiger partial charge in [0.1, 0.15) is 0 Å². The number of aryl methyl sites for hydroxylation is 2. The number of hydrogen-bond acceptors (Lipinski definition) is 5. The largest absolute Gasteiger partial charge is 0.466 e. The molecule has 180 valence electrons. The van der Waals surface area contributed by atoms with Crippen molar-refractivity contribution < 1.29 is 14.3 Å². The van der Waals surface area contributed by atoms with Gasteiger partial charge in [-0.15, -0.1) is 0 Å². The van der Waals surface area contributed by atoms with Gasteiger partial charge in [0.15, 0.2) is 0 Å². The van der Waals surface area contributed by atoms with Gasteiger partial charge in [-0.3, -0.25) is 14.5 Å². The standard InChI is InChI=1S/C27H32ClN3O3/c1-4-34-27(33)20-8-7-13-30(16-20)17-26(32)31-25(21-9-5-6-10-23(21)28)15-24(29-31)22-14-18(2)11-12-19(22)3/h5-6,9-12,14,20,25H,4,7-8,13,15-17H2,1-3H3/t20-,25-/m1/s1. The van der Waals surface area contributed by atoms with Crippen LogP contribution in [0.4, 0.5) is 0 Å². The number of esters is 1. The zero-order chi connectivity index (χ0) is 24.2. The summed E-state index contributed by atoms with van der Waals surface area (Å²) in [6, 6.07) is 13.7. The van der Waals surface area contributed by atoms with E-state index in [-0.39, 0.29) is 30.4 Å². The molecule has 1 fully saturated rings. The molecule has 7 heteroatoms. The van der Waals surface area contributed by atoms with Crippen molar-refractivity contribution in [1.82, 2.24) is 9.91 Å². The molecule has 2 aliphatic heterocycles. The number of nitrogens with zero attached hydrogens (tertiary/aromatic N) is 3. The summed E-state index contributed by atoms with van der Waals surface area (Å²) >= 11 is 6.55. The van der Waals surface area contributed by atoms with E-state index in [0.717, 1.165) is 47.4 Å². The molecular weight excluding hydrogens is 450 g/mol. The summed E-state index contributed by atoms with van der Waals surface area (Å²) in [5.74, 6) is -0.451. The van der Waals surface area contributed by atoms with Crippen molar-refractivity contribution >= 4 is 29.2 Å². The van der Waals surface area contributed by atoms with E-state index < -0.39 is 0 Å². The number of hydrogen-bond donors (Lipinski definition) is 0. The van der Waals surface area contributed by atoms with Crippen LogP contribution < -0.4 is 0 Å². The third kappa shape index (κ3) is 5.34. The van der Waals surface area contributed by atoms with Gasteiger partial charge >= 0.3 is 5.97 Å². The van der Waals surface area contributed by atoms with Crippen LogP contribution in [0.3, 0.4) is 0 Å². The molecule has 2 aromatic rings. The molecule has 0 N–H and O–H groups in total. The summed E-state index contributed by atoms with van der Waals surface area (Å²) in [6.45, 7) is 7.83. The molecule has 2 heterocycles. The molecule has 0 aromatic heterocycles. The van der Waals surface area contributed by atoms with Crippen molar-refractivity contribution in [2.45, 2.75) is 46.1 Å². The molecule has 0 unspecified atom stereocenters. The second-order valence-electron chi connectivity index (χ2n) is 9.17. The Morgan fingerprint density at radius 1 is 1.18 bits per heavy atom. The van der Waals surface area contributed by atoms with Crippen LogP contribution in [-0.4, -0.2) is 53.7 Å². The highest BCUT2D eigenvalue weighted by molar-refractivity contribution is 6.31. The first-order valence-electron chi connectivity index (χ1n) is 12.0. The van der Waals surface area contributed by atoms with Crippen LogP contribution in [0.25, 0.3) is 0 Å². The lowest BCUT2D eigenvalue weighted by Gasteiger charge is -2.32. The maximum Gasteiger partial charge on any atom is 0.310 e. The molecule has 0 spiro atoms. The zero-order valence-corrected chi connectivity index (χ0v) is 20.8. The summed E-state index contributed by atoms with van der Waals surface area (Å²) in [6.07, 6.45) is 2.26. The number of carbonyl (C=O) groups excluding carboxylic acids is 2. The van der Waals surface area contributed by atoms with Crippen LogP contribution in [-0.2, 0) is 14.3 Å². The number of likely N-dealkylation sites (tertiary alicyclic amines) is 1. The average Bonchev–Trinajstić information content (AvgIpc) is 3.26. The van der Waals surface area contributed by atoms with Crippen molar-refractivity contribution in [2.24, 2.45) is 11.0 Å². The third-order valence-corrected chi connectivity index (χ3v) is 6.96. The van der Waals surface area contributed by atoms with Gasteiger partial charge in [-0.2, -0.15) is 5.10 Å². The SMILES string of the molecule is CCOC(=O)[C@@H]1CCCN(CC(=O)N2N=C(c3cc(C)ccc3C)C[C@@H]2c2ccccc2Cl)C1. The van der Waals surface area contributed by atoms with Gasteiger partial charge in [-0.25, -0.2) is 5.01 Å². The second-order valence-corrected chi connectivity index (χ2v) is 9.58. The number of rotatable bonds is 6. The second kappa shape index (κ2) is 10.7. The molecule has 2 aromatic carbocycles. The Kier molecular flexibility index (Phi) is 7.69. The highest BCUT2D eigenvalue weighted by Crippen LogP contribution is 2.37. The predicted molar refractivity (Wildman–Crippen MR) is 134 cm³/mol. The monoisotopic (exact) mass is 481 g/mol. The van der Waals surface area contributed by atoms with Gasteiger partial charge in [0.25, 0.3) is 5.91 Å². The van der Waals surface area contributed by atoms with Gasteiger partial charge in [0.05, 0.1) is 30.8 Å². The van der Waals surface area contributed by atoms with E-state index in [4.69, 9.17) is 21.4 Å². The van der Waals surface area contributed by atoms with E-state index >= 15 is 0 Å². The molecule has 0 radical (unpaired) electrons. The fraction of sp³-hybridized carbons (Fsp3) is 0.444. The van der Waals surface area contributed by atoms with Gasteiger partial charge in [0.2, 0.25) is 0 Å². The average molecular weight is 482 g/mol. The number of hydrazone groups is 1. The first-order valence-corrected chi connectivity index (χ1v) is 12.4. The lowest BCUT2D eigenvalue weighted by molar-refractivity contribution is -0.150. The topological polar surface area (TPSA) is 62.2 Å². The molecule has 2 atom stereocenters.